The number of fused-ring (bicyclic) bond motifs is 4. The van der Waals surface area contributed by atoms with E-state index in [-0.39, 0.29) is 37.6 Å². The molecule has 4 aliphatic heterocycles. The lowest BCUT2D eigenvalue weighted by molar-refractivity contribution is -0.304. The number of cyclic esters (lactones) is 1. The molecule has 4 heterocycles. The number of hydrogen-bond acceptors (Lipinski definition) is 14. The van der Waals surface area contributed by atoms with E-state index in [0.29, 0.717) is 25.2 Å². The van der Waals surface area contributed by atoms with Gasteiger partial charge in [0, 0.05) is 24.7 Å². The van der Waals surface area contributed by atoms with Gasteiger partial charge in [-0.05, 0) is 79.5 Å². The summed E-state index contributed by atoms with van der Waals surface area (Å²) < 4.78 is 45.1. The zero-order valence-electron chi connectivity index (χ0n) is 36.8. The monoisotopic (exact) mass is 829 g/mol. The molecule has 2 bridgehead atoms. The van der Waals surface area contributed by atoms with Crippen LogP contribution in [0.25, 0.3) is 0 Å². The van der Waals surface area contributed by atoms with Crippen molar-refractivity contribution < 1.29 is 57.2 Å². The Morgan fingerprint density at radius 2 is 1.73 bits per heavy atom. The van der Waals surface area contributed by atoms with Crippen molar-refractivity contribution in [2.45, 2.75) is 155 Å². The van der Waals surface area contributed by atoms with Crippen molar-refractivity contribution in [1.29, 1.82) is 0 Å². The largest absolute Gasteiger partial charge is 0.458 e. The average molecular weight is 830 g/mol. The Morgan fingerprint density at radius 3 is 2.39 bits per heavy atom. The number of carbonyl (C=O) groups excluding carboxylic acids is 4. The first-order valence-electron chi connectivity index (χ1n) is 21.2. The van der Waals surface area contributed by atoms with Gasteiger partial charge in [-0.3, -0.25) is 14.4 Å². The second kappa shape index (κ2) is 19.8. The lowest BCUT2D eigenvalue weighted by atomic mass is 9.73. The molecule has 0 radical (unpaired) electrons. The Kier molecular flexibility index (Phi) is 15.6. The third-order valence-corrected chi connectivity index (χ3v) is 12.7. The minimum Gasteiger partial charge on any atom is -0.458 e. The lowest BCUT2D eigenvalue weighted by Gasteiger charge is -2.49. The zero-order chi connectivity index (χ0) is 43.2. The number of ether oxygens (including phenoxy) is 7. The summed E-state index contributed by atoms with van der Waals surface area (Å²) in [6.45, 7) is 16.3. The normalized spacial score (nSPS) is 39.2. The second-order valence-corrected chi connectivity index (χ2v) is 17.6. The van der Waals surface area contributed by atoms with Crippen molar-refractivity contribution in [2.24, 2.45) is 28.8 Å². The molecule has 1 amide bonds. The van der Waals surface area contributed by atoms with Crippen LogP contribution in [0, 0.1) is 23.7 Å². The highest BCUT2D eigenvalue weighted by atomic mass is 16.7. The number of ketones is 1. The number of aryl methyl sites for hydroxylation is 1. The molecule has 1 aromatic carbocycles. The van der Waals surface area contributed by atoms with Gasteiger partial charge in [0.15, 0.2) is 18.0 Å². The molecular weight excluding hydrogens is 762 g/mol. The number of amides is 1. The van der Waals surface area contributed by atoms with Crippen LogP contribution < -0.4 is 5.32 Å². The fourth-order valence-corrected chi connectivity index (χ4v) is 9.52. The molecule has 330 valence electrons. The van der Waals surface area contributed by atoms with Gasteiger partial charge in [-0.2, -0.15) is 0 Å². The molecule has 5 rings (SSSR count). The lowest BCUT2D eigenvalue weighted by Crippen LogP contribution is -2.61. The highest BCUT2D eigenvalue weighted by molar-refractivity contribution is 5.87. The first-order chi connectivity index (χ1) is 27.9. The van der Waals surface area contributed by atoms with Gasteiger partial charge in [0.25, 0.3) is 0 Å². The molecule has 1 aromatic rings. The number of likely N-dealkylation sites (N-methyl/N-ethyl adjacent to an activating group) is 1. The van der Waals surface area contributed by atoms with E-state index in [4.69, 9.17) is 38.0 Å². The molecule has 1 N–H and O–H groups in total. The highest BCUT2D eigenvalue weighted by Gasteiger charge is 2.58. The van der Waals surface area contributed by atoms with E-state index >= 15 is 0 Å². The topological polar surface area (TPSA) is 170 Å². The van der Waals surface area contributed by atoms with E-state index in [2.05, 4.69) is 22.6 Å². The number of rotatable bonds is 10. The van der Waals surface area contributed by atoms with E-state index in [9.17, 15) is 19.2 Å². The van der Waals surface area contributed by atoms with Gasteiger partial charge >= 0.3 is 18.0 Å². The molecule has 0 unspecified atom stereocenters. The molecule has 4 fully saturated rings. The van der Waals surface area contributed by atoms with Gasteiger partial charge in [-0.25, -0.2) is 4.79 Å². The number of Topliss-reactive ketones (excluding diaryl/α,β-unsaturated/α-hetero) is 1. The molecular formula is C44H67N3O12. The van der Waals surface area contributed by atoms with Crippen LogP contribution in [0.5, 0.6) is 0 Å². The van der Waals surface area contributed by atoms with Crippen LogP contribution >= 0.6 is 0 Å². The van der Waals surface area contributed by atoms with Crippen molar-refractivity contribution in [3.63, 3.8) is 0 Å². The predicted molar refractivity (Wildman–Crippen MR) is 217 cm³/mol. The van der Waals surface area contributed by atoms with Crippen LogP contribution in [0.4, 0.5) is 4.79 Å². The highest BCUT2D eigenvalue weighted by Crippen LogP contribution is 2.42. The Morgan fingerprint density at radius 1 is 1.02 bits per heavy atom. The van der Waals surface area contributed by atoms with Gasteiger partial charge in [0.05, 0.1) is 55.1 Å². The number of alkyl carbamates (subject to hydrolysis) is 1. The molecule has 14 atom stereocenters. The van der Waals surface area contributed by atoms with E-state index in [1.807, 2.05) is 71.8 Å². The van der Waals surface area contributed by atoms with Crippen molar-refractivity contribution in [2.75, 3.05) is 33.9 Å². The van der Waals surface area contributed by atoms with E-state index in [0.717, 1.165) is 12.8 Å². The average Bonchev–Trinajstić information content (AvgIpc) is 3.52. The number of hydrogen-bond donors (Lipinski definition) is 1. The van der Waals surface area contributed by atoms with Gasteiger partial charge in [-0.1, -0.05) is 63.2 Å². The van der Waals surface area contributed by atoms with Crippen LogP contribution in [0.1, 0.15) is 93.6 Å². The van der Waals surface area contributed by atoms with E-state index < -0.39 is 89.7 Å². The van der Waals surface area contributed by atoms with Gasteiger partial charge in [0.1, 0.15) is 24.2 Å². The maximum Gasteiger partial charge on any atom is 0.408 e. The first-order valence-corrected chi connectivity index (χ1v) is 21.2. The van der Waals surface area contributed by atoms with Crippen LogP contribution in [0.2, 0.25) is 0 Å². The Labute approximate surface area is 349 Å². The number of carbonyl (C=O) groups is 4. The Hall–Kier alpha value is -3.63. The van der Waals surface area contributed by atoms with Crippen molar-refractivity contribution in [3.05, 3.63) is 35.9 Å². The quantitative estimate of drug-likeness (QED) is 0.141. The van der Waals surface area contributed by atoms with E-state index in [1.165, 1.54) is 12.5 Å². The standard InChI is InChI=1S/C44H67N3O12/c1-12-34-44(9)38(45-42(51)59-44)27(4)35(49)25(2)22-43(8)39(58-41-37(56-30(7)48)33(47(10)11)21-26(3)55-41)28(5)36(29(6)40(50)57-34)52-23-32(24-53-43)46-54-20-16-19-31-17-14-13-15-18-31/h13-15,17-18,25-29,33-34,36-39,41H,12,16,19-24H2,1-11H3,(H,45,51)/b46-32-/t25-,26-,27+,28+,29-,33+,34-,36+,37-,38-,39-,41+,43-,44-/m1/s1. The van der Waals surface area contributed by atoms with E-state index in [1.54, 1.807) is 20.8 Å². The maximum atomic E-state index is 14.6. The van der Waals surface area contributed by atoms with Crippen LogP contribution in [0.15, 0.2) is 35.5 Å². The minimum absolute atomic E-state index is 0.0338. The summed E-state index contributed by atoms with van der Waals surface area (Å²) in [4.78, 5) is 62.2. The summed E-state index contributed by atoms with van der Waals surface area (Å²) in [6.07, 6.45) is -2.84. The molecule has 4 aliphatic rings. The fourth-order valence-electron chi connectivity index (χ4n) is 9.52. The molecule has 15 heteroatoms. The Balaban J connectivity index is 1.58. The zero-order valence-corrected chi connectivity index (χ0v) is 36.8. The van der Waals surface area contributed by atoms with Crippen molar-refractivity contribution in [1.82, 2.24) is 10.2 Å². The summed E-state index contributed by atoms with van der Waals surface area (Å²) in [5.74, 6) is -4.06. The van der Waals surface area contributed by atoms with Crippen LogP contribution in [-0.4, -0.2) is 128 Å². The summed E-state index contributed by atoms with van der Waals surface area (Å²) >= 11 is 0. The van der Waals surface area contributed by atoms with Crippen molar-refractivity contribution in [3.8, 4) is 0 Å². The minimum atomic E-state index is -1.33. The fraction of sp³-hybridized carbons (Fsp3) is 0.750. The van der Waals surface area contributed by atoms with Gasteiger partial charge in [-0.15, -0.1) is 0 Å². The third kappa shape index (κ3) is 10.8. The molecule has 0 saturated carbocycles. The molecule has 0 aliphatic carbocycles. The third-order valence-electron chi connectivity index (χ3n) is 12.7. The molecule has 59 heavy (non-hydrogen) atoms. The predicted octanol–water partition coefficient (Wildman–Crippen LogP) is 5.25. The molecule has 0 aromatic heterocycles. The van der Waals surface area contributed by atoms with Crippen LogP contribution in [-0.2, 0) is 58.8 Å². The Bertz CT molecular complexity index is 1640. The number of nitrogens with zero attached hydrogens (tertiary/aromatic N) is 2. The van der Waals surface area contributed by atoms with Crippen molar-refractivity contribution >= 4 is 29.5 Å². The van der Waals surface area contributed by atoms with Gasteiger partial charge < -0.3 is 48.2 Å². The summed E-state index contributed by atoms with van der Waals surface area (Å²) in [6, 6.07) is 9.09. The number of benzene rings is 1. The second-order valence-electron chi connectivity index (χ2n) is 17.6. The smallest absolute Gasteiger partial charge is 0.408 e. The molecule has 4 saturated heterocycles. The summed E-state index contributed by atoms with van der Waals surface area (Å²) in [5.41, 5.74) is -0.947. The molecule has 0 spiro atoms. The summed E-state index contributed by atoms with van der Waals surface area (Å²) in [5, 5.41) is 7.33. The maximum absolute atomic E-state index is 14.6. The number of oxime groups is 1. The number of esters is 2. The number of nitrogens with one attached hydrogen (secondary N) is 1. The molecule has 15 nitrogen and oxygen atoms in total. The van der Waals surface area contributed by atoms with Crippen LogP contribution in [0.3, 0.4) is 0 Å². The summed E-state index contributed by atoms with van der Waals surface area (Å²) in [7, 11) is 3.83. The van der Waals surface area contributed by atoms with Gasteiger partial charge in [0.2, 0.25) is 0 Å². The first kappa shape index (κ1) is 46.4. The SMILES string of the molecule is CC[C@H]1OC(=O)[C@H](C)[C@H]2OC/C(=N/OCCCc3ccccc3)CO[C@](C)(C[C@@H](C)C(=O)[C@H](C)[C@H]3NC(=O)O[C@@]31C)[C@H](O[C@@H]1O[C@H](C)C[C@H](N(C)C)[C@H]1OC(C)=O)[C@H]2C.